The van der Waals surface area contributed by atoms with E-state index in [0.717, 1.165) is 83.5 Å². The molecule has 7 rings (SSSR count). The number of piperazine rings is 1. The van der Waals surface area contributed by atoms with Gasteiger partial charge in [-0.3, -0.25) is 14.5 Å². The number of ether oxygens (including phenoxy) is 4. The van der Waals surface area contributed by atoms with E-state index in [1.54, 1.807) is 46.5 Å². The van der Waals surface area contributed by atoms with E-state index in [9.17, 15) is 18.0 Å². The molecular weight excluding hydrogens is 768 g/mol. The van der Waals surface area contributed by atoms with Crippen molar-refractivity contribution >= 4 is 39.5 Å². The highest BCUT2D eigenvalue weighted by Gasteiger charge is 2.49. The molecule has 2 N–H and O–H groups in total. The molecule has 0 unspecified atom stereocenters. The smallest absolute Gasteiger partial charge is 0.264 e. The summed E-state index contributed by atoms with van der Waals surface area (Å²) < 4.78 is 51.7. The number of carbonyl (C=O) groups is 2. The summed E-state index contributed by atoms with van der Waals surface area (Å²) in [6, 6.07) is 11.7. The number of anilines is 1. The second kappa shape index (κ2) is 18.9. The monoisotopic (exact) mass is 828 g/mol. The molecule has 1 saturated heterocycles. The second-order valence-corrected chi connectivity index (χ2v) is 19.0. The van der Waals surface area contributed by atoms with Crippen LogP contribution in [0.2, 0.25) is 5.02 Å². The average molecular weight is 830 g/mol. The lowest BCUT2D eigenvalue weighted by Crippen LogP contribution is -2.53. The second-order valence-electron chi connectivity index (χ2n) is 16.6. The van der Waals surface area contributed by atoms with E-state index in [1.807, 2.05) is 25.1 Å². The molecule has 14 heteroatoms. The van der Waals surface area contributed by atoms with Gasteiger partial charge >= 0.3 is 0 Å². The summed E-state index contributed by atoms with van der Waals surface area (Å²) in [5, 5.41) is 3.21. The molecule has 0 radical (unpaired) electrons. The maximum atomic E-state index is 13.4. The molecule has 1 saturated carbocycles. The van der Waals surface area contributed by atoms with Gasteiger partial charge in [-0.25, -0.2) is 13.1 Å². The van der Waals surface area contributed by atoms with Crippen LogP contribution in [0.15, 0.2) is 48.6 Å². The number of hydrogen-bond acceptors (Lipinski definition) is 11. The molecule has 6 atom stereocenters. The van der Waals surface area contributed by atoms with Crippen LogP contribution in [0.4, 0.5) is 5.69 Å². The largest absolute Gasteiger partial charge is 0.490 e. The van der Waals surface area contributed by atoms with E-state index >= 15 is 0 Å². The van der Waals surface area contributed by atoms with Crippen LogP contribution in [0.5, 0.6) is 5.75 Å². The standard InChI is InChI=1S/C34H41ClN2O6S.C9H20N2O2/c1-22-6-4-15-34(20-38,42-3)29-11-8-26(29)18-37-19-33(14-5-7-24-16-27(35)10-12-28(24)33)21-43-31-13-9-25(17-30(31)37)32(39)36-44(40,41)23(22)2;1-12-7-9(8-13-2)11-5-3-10-4-6-11/h4,9-10,12-13,15-17,20,22-23,26,29H,5-8,11,14,18-19,21H2,1-3H3,(H,36,39);9-10H,3-8H2,1-2H3/b15-4+;/t22-,23+,26-,29+,33-,34-;/m0./s1. The first-order chi connectivity index (χ1) is 27.4. The van der Waals surface area contributed by atoms with E-state index in [2.05, 4.69) is 32.0 Å². The Bertz CT molecular complexity index is 1850. The molecule has 57 heavy (non-hydrogen) atoms. The number of halogens is 1. The van der Waals surface area contributed by atoms with E-state index in [1.165, 1.54) is 11.1 Å². The fourth-order valence-electron chi connectivity index (χ4n) is 9.37. The quantitative estimate of drug-likeness (QED) is 0.288. The number of amides is 1. The Kier molecular flexibility index (Phi) is 14.4. The van der Waals surface area contributed by atoms with Crippen LogP contribution in [-0.4, -0.2) is 123 Å². The van der Waals surface area contributed by atoms with Gasteiger partial charge in [-0.15, -0.1) is 0 Å². The van der Waals surface area contributed by atoms with Crippen molar-refractivity contribution in [2.24, 2.45) is 17.8 Å². The lowest BCUT2D eigenvalue weighted by molar-refractivity contribution is -0.135. The lowest BCUT2D eigenvalue weighted by atomic mass is 9.64. The van der Waals surface area contributed by atoms with Gasteiger partial charge in [0.1, 0.15) is 11.4 Å². The number of aryl methyl sites for hydroxylation is 1. The van der Waals surface area contributed by atoms with Gasteiger partial charge in [-0.1, -0.05) is 30.7 Å². The molecular formula is C43H61ClN4O8S. The summed E-state index contributed by atoms with van der Waals surface area (Å²) in [6.45, 7) is 11.0. The fourth-order valence-corrected chi connectivity index (χ4v) is 10.9. The fraction of sp³-hybridized carbons (Fsp3) is 0.628. The third-order valence-corrected chi connectivity index (χ3v) is 15.2. The van der Waals surface area contributed by atoms with Crippen LogP contribution in [0.1, 0.15) is 67.4 Å². The van der Waals surface area contributed by atoms with E-state index < -0.39 is 26.8 Å². The summed E-state index contributed by atoms with van der Waals surface area (Å²) in [4.78, 5) is 30.8. The van der Waals surface area contributed by atoms with Crippen molar-refractivity contribution < 1.29 is 37.0 Å². The van der Waals surface area contributed by atoms with Gasteiger partial charge in [0, 0.05) is 82.5 Å². The summed E-state index contributed by atoms with van der Waals surface area (Å²) in [5.74, 6) is -0.203. The van der Waals surface area contributed by atoms with E-state index in [0.29, 0.717) is 42.9 Å². The topological polar surface area (TPSA) is 136 Å². The highest BCUT2D eigenvalue weighted by Crippen LogP contribution is 2.48. The van der Waals surface area contributed by atoms with E-state index in [-0.39, 0.29) is 28.7 Å². The lowest BCUT2D eigenvalue weighted by Gasteiger charge is -2.48. The van der Waals surface area contributed by atoms with Crippen molar-refractivity contribution in [3.63, 3.8) is 0 Å². The zero-order chi connectivity index (χ0) is 40.8. The van der Waals surface area contributed by atoms with E-state index in [4.69, 9.17) is 30.5 Å². The predicted octanol–water partition coefficient (Wildman–Crippen LogP) is 5.02. The molecule has 2 bridgehead atoms. The van der Waals surface area contributed by atoms with Gasteiger partial charge in [0.05, 0.1) is 36.8 Å². The Labute approximate surface area is 344 Å². The highest BCUT2D eigenvalue weighted by atomic mass is 35.5. The number of methoxy groups -OCH3 is 3. The minimum absolute atomic E-state index is 0.0434. The van der Waals surface area contributed by atoms with Gasteiger partial charge in [0.15, 0.2) is 6.29 Å². The van der Waals surface area contributed by atoms with Crippen LogP contribution in [0.25, 0.3) is 0 Å². The number of carbonyl (C=O) groups excluding carboxylic acids is 2. The van der Waals surface area contributed by atoms with Crippen molar-refractivity contribution in [2.45, 2.75) is 74.7 Å². The minimum atomic E-state index is -3.97. The molecule has 314 valence electrons. The first-order valence-corrected chi connectivity index (χ1v) is 22.3. The number of aldehydes is 1. The number of nitrogens with zero attached hydrogens (tertiary/aromatic N) is 2. The van der Waals surface area contributed by atoms with Crippen LogP contribution in [0, 0.1) is 17.8 Å². The minimum Gasteiger partial charge on any atom is -0.490 e. The maximum Gasteiger partial charge on any atom is 0.264 e. The summed E-state index contributed by atoms with van der Waals surface area (Å²) >= 11 is 6.40. The van der Waals surface area contributed by atoms with Crippen molar-refractivity contribution in [1.82, 2.24) is 14.9 Å². The summed E-state index contributed by atoms with van der Waals surface area (Å²) in [5.41, 5.74) is 2.05. The molecule has 3 heterocycles. The number of fused-ring (bicyclic) bond motifs is 4. The number of benzene rings is 2. The predicted molar refractivity (Wildman–Crippen MR) is 223 cm³/mol. The van der Waals surface area contributed by atoms with Crippen LogP contribution >= 0.6 is 11.6 Å². The molecule has 2 aromatic rings. The maximum absolute atomic E-state index is 13.4. The molecule has 1 amide bonds. The zero-order valence-corrected chi connectivity index (χ0v) is 35.7. The van der Waals surface area contributed by atoms with Crippen molar-refractivity contribution in [1.29, 1.82) is 0 Å². The van der Waals surface area contributed by atoms with Gasteiger partial charge in [-0.05, 0) is 105 Å². The third kappa shape index (κ3) is 9.56. The first-order valence-electron chi connectivity index (χ1n) is 20.4. The molecule has 2 aromatic carbocycles. The number of nitrogens with one attached hydrogen (secondary N) is 2. The Morgan fingerprint density at radius 2 is 1.81 bits per heavy atom. The Morgan fingerprint density at radius 1 is 1.05 bits per heavy atom. The van der Waals surface area contributed by atoms with Crippen LogP contribution < -0.4 is 19.7 Å². The van der Waals surface area contributed by atoms with Crippen LogP contribution in [-0.2, 0) is 40.9 Å². The van der Waals surface area contributed by atoms with Crippen LogP contribution in [0.3, 0.4) is 0 Å². The Hall–Kier alpha value is -3.04. The first kappa shape index (κ1) is 43.5. The normalized spacial score (nSPS) is 30.6. The van der Waals surface area contributed by atoms with Gasteiger partial charge < -0.3 is 29.2 Å². The average Bonchev–Trinajstić information content (AvgIpc) is 3.35. The molecule has 1 spiro atoms. The summed E-state index contributed by atoms with van der Waals surface area (Å²) in [7, 11) is 1.08. The zero-order valence-electron chi connectivity index (χ0n) is 34.1. The number of allylic oxidation sites excluding steroid dienone is 1. The van der Waals surface area contributed by atoms with Gasteiger partial charge in [-0.2, -0.15) is 0 Å². The van der Waals surface area contributed by atoms with Crippen molar-refractivity contribution in [2.75, 3.05) is 85.3 Å². The number of sulfonamides is 1. The number of hydrogen-bond donors (Lipinski definition) is 2. The van der Waals surface area contributed by atoms with Gasteiger partial charge in [0.25, 0.3) is 5.91 Å². The Balaban J connectivity index is 0.000000360. The SMILES string of the molecule is COCC(COC)N1CCNCC1.CO[C@]1(C=O)/C=C/C[C@H](C)[C@@H](C)S(=O)(=O)NC(=O)c2ccc3c(c2)N(C[C@@H]2CC[C@H]21)C[C@@]1(CCCc2cc(Cl)ccc21)CO3. The molecule has 5 aliphatic rings. The van der Waals surface area contributed by atoms with Crippen molar-refractivity contribution in [3.8, 4) is 5.75 Å². The highest BCUT2D eigenvalue weighted by molar-refractivity contribution is 7.90. The summed E-state index contributed by atoms with van der Waals surface area (Å²) in [6.07, 6.45) is 9.65. The molecule has 2 aliphatic carbocycles. The molecule has 2 fully saturated rings. The van der Waals surface area contributed by atoms with Crippen molar-refractivity contribution in [3.05, 3.63) is 70.3 Å². The molecule has 12 nitrogen and oxygen atoms in total. The number of rotatable bonds is 7. The molecule has 3 aliphatic heterocycles. The Morgan fingerprint density at radius 3 is 2.47 bits per heavy atom. The third-order valence-electron chi connectivity index (χ3n) is 13.1. The molecule has 0 aromatic heterocycles. The van der Waals surface area contributed by atoms with Gasteiger partial charge in [0.2, 0.25) is 10.0 Å².